The fourth-order valence-corrected chi connectivity index (χ4v) is 4.72. The molecule has 2 aliphatic rings. The van der Waals surface area contributed by atoms with Crippen LogP contribution in [0.15, 0.2) is 24.3 Å². The van der Waals surface area contributed by atoms with Crippen LogP contribution in [0, 0.1) is 11.8 Å². The van der Waals surface area contributed by atoms with Crippen LogP contribution in [0.3, 0.4) is 0 Å². The highest BCUT2D eigenvalue weighted by Gasteiger charge is 2.53. The molecule has 2 saturated carbocycles. The summed E-state index contributed by atoms with van der Waals surface area (Å²) in [5.41, 5.74) is 7.77. The number of nitrogens with zero attached hydrogens (tertiary/aromatic N) is 1. The van der Waals surface area contributed by atoms with E-state index in [0.717, 1.165) is 23.4 Å². The van der Waals surface area contributed by atoms with Crippen molar-refractivity contribution in [1.82, 2.24) is 4.90 Å². The zero-order valence-corrected chi connectivity index (χ0v) is 13.2. The van der Waals surface area contributed by atoms with Crippen LogP contribution in [0.5, 0.6) is 0 Å². The van der Waals surface area contributed by atoms with Gasteiger partial charge in [0.1, 0.15) is 0 Å². The van der Waals surface area contributed by atoms with Crippen molar-refractivity contribution in [2.45, 2.75) is 44.2 Å². The van der Waals surface area contributed by atoms with E-state index in [1.807, 2.05) is 12.1 Å². The maximum absolute atomic E-state index is 6.23. The van der Waals surface area contributed by atoms with Crippen LogP contribution >= 0.6 is 11.6 Å². The Kier molecular flexibility index (Phi) is 3.83. The Bertz CT molecular complexity index is 472. The number of rotatable bonds is 4. The summed E-state index contributed by atoms with van der Waals surface area (Å²) in [7, 11) is 2.26. The highest BCUT2D eigenvalue weighted by atomic mass is 35.5. The summed E-state index contributed by atoms with van der Waals surface area (Å²) in [6, 6.07) is 8.63. The van der Waals surface area contributed by atoms with E-state index in [1.165, 1.54) is 31.2 Å². The number of hydrogen-bond donors (Lipinski definition) is 1. The zero-order chi connectivity index (χ0) is 14.3. The van der Waals surface area contributed by atoms with E-state index in [0.29, 0.717) is 6.04 Å². The molecule has 4 atom stereocenters. The lowest BCUT2D eigenvalue weighted by atomic mass is 9.78. The average molecular weight is 293 g/mol. The molecule has 0 heterocycles. The molecule has 0 spiro atoms. The quantitative estimate of drug-likeness (QED) is 0.913. The monoisotopic (exact) mass is 292 g/mol. The third-order valence-electron chi connectivity index (χ3n) is 5.93. The summed E-state index contributed by atoms with van der Waals surface area (Å²) in [5, 5.41) is 0.803. The fraction of sp³-hybridized carbons (Fsp3) is 0.647. The molecular weight excluding hydrogens is 268 g/mol. The van der Waals surface area contributed by atoms with E-state index in [9.17, 15) is 0 Å². The molecule has 4 unspecified atom stereocenters. The topological polar surface area (TPSA) is 29.3 Å². The molecule has 0 aliphatic heterocycles. The third kappa shape index (κ3) is 2.18. The van der Waals surface area contributed by atoms with Crippen LogP contribution in [-0.4, -0.2) is 24.0 Å². The third-order valence-corrected chi connectivity index (χ3v) is 6.18. The molecule has 110 valence electrons. The Morgan fingerprint density at radius 1 is 1.35 bits per heavy atom. The summed E-state index contributed by atoms with van der Waals surface area (Å²) >= 11 is 6.00. The molecule has 2 bridgehead atoms. The van der Waals surface area contributed by atoms with E-state index in [2.05, 4.69) is 31.0 Å². The van der Waals surface area contributed by atoms with Crippen LogP contribution in [0.1, 0.15) is 44.2 Å². The molecule has 3 heteroatoms. The molecule has 3 rings (SSSR count). The molecule has 2 aliphatic carbocycles. The van der Waals surface area contributed by atoms with E-state index in [1.54, 1.807) is 0 Å². The first-order valence-corrected chi connectivity index (χ1v) is 8.13. The minimum Gasteiger partial charge on any atom is -0.329 e. The van der Waals surface area contributed by atoms with Gasteiger partial charge < -0.3 is 5.73 Å². The minimum atomic E-state index is 0.210. The molecule has 0 aromatic heterocycles. The molecule has 1 aromatic carbocycles. The lowest BCUT2D eigenvalue weighted by molar-refractivity contribution is 0.0340. The molecule has 20 heavy (non-hydrogen) atoms. The van der Waals surface area contributed by atoms with Crippen LogP contribution in [0.2, 0.25) is 5.02 Å². The molecule has 2 N–H and O–H groups in total. The molecule has 2 fully saturated rings. The van der Waals surface area contributed by atoms with E-state index >= 15 is 0 Å². The second-order valence-electron chi connectivity index (χ2n) is 6.73. The Morgan fingerprint density at radius 2 is 2.05 bits per heavy atom. The van der Waals surface area contributed by atoms with Crippen LogP contribution < -0.4 is 5.73 Å². The predicted octanol–water partition coefficient (Wildman–Crippen LogP) is 3.85. The second-order valence-corrected chi connectivity index (χ2v) is 7.16. The van der Waals surface area contributed by atoms with E-state index < -0.39 is 0 Å². The van der Waals surface area contributed by atoms with Gasteiger partial charge in [-0.15, -0.1) is 0 Å². The first-order chi connectivity index (χ1) is 9.56. The van der Waals surface area contributed by atoms with E-state index in [-0.39, 0.29) is 5.54 Å². The SMILES string of the molecule is CC(c1ccc(Cl)cc1)N(C)C1(CN)CC2CCC1C2. The smallest absolute Gasteiger partial charge is 0.0406 e. The van der Waals surface area contributed by atoms with Gasteiger partial charge in [0.25, 0.3) is 0 Å². The summed E-state index contributed by atoms with van der Waals surface area (Å²) < 4.78 is 0. The number of likely N-dealkylation sites (N-methyl/N-ethyl adjacent to an activating group) is 1. The van der Waals surface area contributed by atoms with Crippen molar-refractivity contribution in [3.63, 3.8) is 0 Å². The first kappa shape index (κ1) is 14.4. The number of halogens is 1. The Hall–Kier alpha value is -0.570. The van der Waals surface area contributed by atoms with Gasteiger partial charge >= 0.3 is 0 Å². The van der Waals surface area contributed by atoms with Gasteiger partial charge in [0.05, 0.1) is 0 Å². The van der Waals surface area contributed by atoms with Crippen molar-refractivity contribution in [3.8, 4) is 0 Å². The summed E-state index contributed by atoms with van der Waals surface area (Å²) in [4.78, 5) is 2.54. The molecule has 1 aromatic rings. The van der Waals surface area contributed by atoms with Crippen LogP contribution in [0.25, 0.3) is 0 Å². The lowest BCUT2D eigenvalue weighted by Gasteiger charge is -2.47. The highest BCUT2D eigenvalue weighted by molar-refractivity contribution is 6.30. The average Bonchev–Trinajstić information content (AvgIpc) is 3.07. The van der Waals surface area contributed by atoms with Gasteiger partial charge in [-0.1, -0.05) is 30.2 Å². The van der Waals surface area contributed by atoms with Crippen molar-refractivity contribution in [1.29, 1.82) is 0 Å². The molecule has 0 amide bonds. The molecule has 2 nitrogen and oxygen atoms in total. The summed E-state index contributed by atoms with van der Waals surface area (Å²) in [6.45, 7) is 3.06. The summed E-state index contributed by atoms with van der Waals surface area (Å²) in [5.74, 6) is 1.70. The lowest BCUT2D eigenvalue weighted by Crippen LogP contribution is -2.56. The van der Waals surface area contributed by atoms with Crippen LogP contribution in [0.4, 0.5) is 0 Å². The zero-order valence-electron chi connectivity index (χ0n) is 12.5. The van der Waals surface area contributed by atoms with Gasteiger partial charge in [0.2, 0.25) is 0 Å². The Morgan fingerprint density at radius 3 is 2.55 bits per heavy atom. The number of benzene rings is 1. The van der Waals surface area contributed by atoms with Crippen LogP contribution in [-0.2, 0) is 0 Å². The molecule has 0 radical (unpaired) electrons. The van der Waals surface area contributed by atoms with Gasteiger partial charge in [-0.3, -0.25) is 4.90 Å². The van der Waals surface area contributed by atoms with Gasteiger partial charge in [0.15, 0.2) is 0 Å². The van der Waals surface area contributed by atoms with Gasteiger partial charge in [0, 0.05) is 23.1 Å². The van der Waals surface area contributed by atoms with Crippen molar-refractivity contribution in [2.75, 3.05) is 13.6 Å². The minimum absolute atomic E-state index is 0.210. The Balaban J connectivity index is 1.83. The maximum Gasteiger partial charge on any atom is 0.0406 e. The Labute approximate surface area is 127 Å². The number of hydrogen-bond acceptors (Lipinski definition) is 2. The van der Waals surface area contributed by atoms with Crippen molar-refractivity contribution >= 4 is 11.6 Å². The molecule has 0 saturated heterocycles. The first-order valence-electron chi connectivity index (χ1n) is 7.75. The predicted molar refractivity (Wildman–Crippen MR) is 84.9 cm³/mol. The van der Waals surface area contributed by atoms with E-state index in [4.69, 9.17) is 17.3 Å². The van der Waals surface area contributed by atoms with Crippen molar-refractivity contribution < 1.29 is 0 Å². The molecular formula is C17H25ClN2. The largest absolute Gasteiger partial charge is 0.329 e. The van der Waals surface area contributed by atoms with Gasteiger partial charge in [-0.25, -0.2) is 0 Å². The normalized spacial score (nSPS) is 33.9. The highest BCUT2D eigenvalue weighted by Crippen LogP contribution is 2.54. The van der Waals surface area contributed by atoms with Gasteiger partial charge in [-0.05, 0) is 62.8 Å². The van der Waals surface area contributed by atoms with Crippen molar-refractivity contribution in [2.24, 2.45) is 17.6 Å². The number of fused-ring (bicyclic) bond motifs is 2. The summed E-state index contributed by atoms with van der Waals surface area (Å²) in [6.07, 6.45) is 5.44. The standard InChI is InChI=1S/C17H25ClN2/c1-12(14-4-7-16(18)8-5-14)20(2)17(11-19)10-13-3-6-15(17)9-13/h4-5,7-8,12-13,15H,3,6,9-11,19H2,1-2H3. The maximum atomic E-state index is 6.23. The fourth-order valence-electron chi connectivity index (χ4n) is 4.59. The second kappa shape index (κ2) is 5.32. The van der Waals surface area contributed by atoms with Crippen molar-refractivity contribution in [3.05, 3.63) is 34.9 Å². The number of nitrogens with two attached hydrogens (primary N) is 1. The van der Waals surface area contributed by atoms with Gasteiger partial charge in [-0.2, -0.15) is 0 Å².